The van der Waals surface area contributed by atoms with E-state index in [1.54, 1.807) is 23.2 Å². The summed E-state index contributed by atoms with van der Waals surface area (Å²) in [5.74, 6) is -0.127. The van der Waals surface area contributed by atoms with Gasteiger partial charge in [0.2, 0.25) is 0 Å². The van der Waals surface area contributed by atoms with Gasteiger partial charge in [-0.2, -0.15) is 0 Å². The van der Waals surface area contributed by atoms with Gasteiger partial charge in [-0.25, -0.2) is 4.98 Å². The molecule has 0 saturated carbocycles. The first-order chi connectivity index (χ1) is 9.20. The quantitative estimate of drug-likeness (QED) is 0.746. The van der Waals surface area contributed by atoms with Crippen molar-refractivity contribution in [3.8, 4) is 0 Å². The minimum absolute atomic E-state index is 0.0238. The highest BCUT2D eigenvalue weighted by Gasteiger charge is 2.18. The van der Waals surface area contributed by atoms with E-state index in [1.807, 2.05) is 0 Å². The van der Waals surface area contributed by atoms with Crippen LogP contribution >= 0.6 is 15.9 Å². The van der Waals surface area contributed by atoms with E-state index in [4.69, 9.17) is 5.11 Å². The normalized spacial score (nSPS) is 10.5. The topological polar surface area (TPSA) is 53.4 Å². The van der Waals surface area contributed by atoms with Crippen molar-refractivity contribution in [1.82, 2.24) is 9.88 Å². The lowest BCUT2D eigenvalue weighted by Gasteiger charge is -2.21. The lowest BCUT2D eigenvalue weighted by atomic mass is 10.2. The van der Waals surface area contributed by atoms with Gasteiger partial charge in [-0.15, -0.1) is 0 Å². The molecule has 0 radical (unpaired) electrons. The predicted molar refractivity (Wildman–Crippen MR) is 79.1 cm³/mol. The number of rotatable bonds is 8. The first-order valence-corrected chi connectivity index (χ1v) is 7.50. The number of hydrogen-bond acceptors (Lipinski definition) is 3. The Hall–Kier alpha value is -0.940. The molecule has 0 aliphatic heterocycles. The average Bonchev–Trinajstić information content (AvgIpc) is 2.42. The van der Waals surface area contributed by atoms with Crippen LogP contribution in [0.4, 0.5) is 0 Å². The van der Waals surface area contributed by atoms with Crippen molar-refractivity contribution in [2.24, 2.45) is 0 Å². The van der Waals surface area contributed by atoms with Gasteiger partial charge in [0, 0.05) is 23.8 Å². The van der Waals surface area contributed by atoms with Gasteiger partial charge in [0.1, 0.15) is 5.69 Å². The Morgan fingerprint density at radius 2 is 2.16 bits per heavy atom. The summed E-state index contributed by atoms with van der Waals surface area (Å²) in [5.41, 5.74) is 0.409. The number of unbranched alkanes of at least 4 members (excludes halogenated alkanes) is 3. The van der Waals surface area contributed by atoms with Crippen LogP contribution in [0.2, 0.25) is 0 Å². The van der Waals surface area contributed by atoms with Crippen molar-refractivity contribution in [3.05, 3.63) is 28.5 Å². The van der Waals surface area contributed by atoms with E-state index in [9.17, 15) is 4.79 Å². The number of nitrogens with zero attached hydrogens (tertiary/aromatic N) is 2. The molecule has 0 atom stereocenters. The van der Waals surface area contributed by atoms with Crippen molar-refractivity contribution >= 4 is 21.8 Å². The number of halogens is 1. The summed E-state index contributed by atoms with van der Waals surface area (Å²) >= 11 is 3.34. The van der Waals surface area contributed by atoms with E-state index in [1.165, 1.54) is 12.8 Å². The van der Waals surface area contributed by atoms with E-state index in [0.717, 1.165) is 12.8 Å². The Bertz CT molecular complexity index is 399. The van der Waals surface area contributed by atoms with E-state index in [-0.39, 0.29) is 12.5 Å². The molecule has 1 rings (SSSR count). The molecular formula is C14H21BrN2O2. The zero-order valence-electron chi connectivity index (χ0n) is 11.3. The zero-order chi connectivity index (χ0) is 14.1. The number of carbonyl (C=O) groups is 1. The number of aliphatic hydroxyl groups is 1. The smallest absolute Gasteiger partial charge is 0.273 e. The Morgan fingerprint density at radius 3 is 2.79 bits per heavy atom. The molecule has 19 heavy (non-hydrogen) atoms. The lowest BCUT2D eigenvalue weighted by Crippen LogP contribution is -2.35. The Balaban J connectivity index is 2.64. The van der Waals surface area contributed by atoms with Crippen LogP contribution in [-0.4, -0.2) is 40.6 Å². The largest absolute Gasteiger partial charge is 0.395 e. The van der Waals surface area contributed by atoms with Crippen molar-refractivity contribution in [2.45, 2.75) is 32.6 Å². The number of amides is 1. The molecule has 1 aromatic rings. The summed E-state index contributed by atoms with van der Waals surface area (Å²) in [5, 5.41) is 9.08. The highest BCUT2D eigenvalue weighted by atomic mass is 79.9. The molecular weight excluding hydrogens is 308 g/mol. The van der Waals surface area contributed by atoms with Gasteiger partial charge in [-0.3, -0.25) is 4.79 Å². The summed E-state index contributed by atoms with van der Waals surface area (Å²) in [6.45, 7) is 3.15. The molecule has 0 aliphatic carbocycles. The number of aromatic nitrogens is 1. The summed E-state index contributed by atoms with van der Waals surface area (Å²) < 4.78 is 0.691. The minimum atomic E-state index is -0.127. The van der Waals surface area contributed by atoms with Crippen molar-refractivity contribution in [1.29, 1.82) is 0 Å². The van der Waals surface area contributed by atoms with Gasteiger partial charge in [0.15, 0.2) is 0 Å². The van der Waals surface area contributed by atoms with Gasteiger partial charge in [-0.05, 0) is 34.5 Å². The summed E-state index contributed by atoms with van der Waals surface area (Å²) in [6, 6.07) is 3.58. The zero-order valence-corrected chi connectivity index (χ0v) is 12.9. The molecule has 5 heteroatoms. The molecule has 4 nitrogen and oxygen atoms in total. The number of carbonyl (C=O) groups excluding carboxylic acids is 1. The summed E-state index contributed by atoms with van der Waals surface area (Å²) in [4.78, 5) is 18.1. The third-order valence-corrected chi connectivity index (χ3v) is 3.54. The average molecular weight is 329 g/mol. The molecule has 0 bridgehead atoms. The van der Waals surface area contributed by atoms with E-state index >= 15 is 0 Å². The molecule has 106 valence electrons. The van der Waals surface area contributed by atoms with E-state index in [0.29, 0.717) is 23.3 Å². The highest BCUT2D eigenvalue weighted by molar-refractivity contribution is 9.10. The fourth-order valence-electron chi connectivity index (χ4n) is 1.86. The lowest BCUT2D eigenvalue weighted by molar-refractivity contribution is 0.0711. The Labute approximate surface area is 123 Å². The number of hydrogen-bond donors (Lipinski definition) is 1. The van der Waals surface area contributed by atoms with E-state index < -0.39 is 0 Å². The second kappa shape index (κ2) is 9.04. The number of pyridine rings is 1. The van der Waals surface area contributed by atoms with Gasteiger partial charge in [0.25, 0.3) is 5.91 Å². The van der Waals surface area contributed by atoms with Crippen LogP contribution < -0.4 is 0 Å². The molecule has 0 unspecified atom stereocenters. The Kier molecular flexibility index (Phi) is 7.67. The summed E-state index contributed by atoms with van der Waals surface area (Å²) in [7, 11) is 0. The second-order valence-electron chi connectivity index (χ2n) is 4.41. The SMILES string of the molecule is CCCCCCN(CCO)C(=O)c1ncccc1Br. The van der Waals surface area contributed by atoms with Gasteiger partial charge < -0.3 is 10.0 Å². The van der Waals surface area contributed by atoms with Crippen LogP contribution in [0.3, 0.4) is 0 Å². The molecule has 1 amide bonds. The third kappa shape index (κ3) is 5.28. The second-order valence-corrected chi connectivity index (χ2v) is 5.26. The van der Waals surface area contributed by atoms with Crippen molar-refractivity contribution in [2.75, 3.05) is 19.7 Å². The molecule has 1 aromatic heterocycles. The molecule has 0 fully saturated rings. The molecule has 1 N–H and O–H groups in total. The minimum Gasteiger partial charge on any atom is -0.395 e. The standard InChI is InChI=1S/C14H21BrN2O2/c1-2-3-4-5-9-17(10-11-18)14(19)13-12(15)7-6-8-16-13/h6-8,18H,2-5,9-11H2,1H3. The van der Waals surface area contributed by atoms with Crippen LogP contribution in [0, 0.1) is 0 Å². The van der Waals surface area contributed by atoms with Crippen molar-refractivity contribution < 1.29 is 9.90 Å². The predicted octanol–water partition coefficient (Wildman–Crippen LogP) is 2.86. The van der Waals surface area contributed by atoms with Crippen LogP contribution in [0.1, 0.15) is 43.1 Å². The van der Waals surface area contributed by atoms with E-state index in [2.05, 4.69) is 27.8 Å². The molecule has 0 spiro atoms. The fraction of sp³-hybridized carbons (Fsp3) is 0.571. The molecule has 0 aliphatic rings. The van der Waals surface area contributed by atoms with Crippen LogP contribution in [-0.2, 0) is 0 Å². The Morgan fingerprint density at radius 1 is 1.37 bits per heavy atom. The van der Waals surface area contributed by atoms with Crippen LogP contribution in [0.25, 0.3) is 0 Å². The third-order valence-electron chi connectivity index (χ3n) is 2.90. The maximum atomic E-state index is 12.3. The molecule has 1 heterocycles. The van der Waals surface area contributed by atoms with Gasteiger partial charge >= 0.3 is 0 Å². The maximum Gasteiger partial charge on any atom is 0.273 e. The highest BCUT2D eigenvalue weighted by Crippen LogP contribution is 2.15. The first-order valence-electron chi connectivity index (χ1n) is 6.71. The summed E-state index contributed by atoms with van der Waals surface area (Å²) in [6.07, 6.45) is 6.01. The van der Waals surface area contributed by atoms with Gasteiger partial charge in [-0.1, -0.05) is 26.2 Å². The molecule has 0 saturated heterocycles. The molecule has 0 aromatic carbocycles. The number of aliphatic hydroxyl groups excluding tert-OH is 1. The fourth-order valence-corrected chi connectivity index (χ4v) is 2.28. The van der Waals surface area contributed by atoms with Crippen molar-refractivity contribution in [3.63, 3.8) is 0 Å². The van der Waals surface area contributed by atoms with Crippen LogP contribution in [0.15, 0.2) is 22.8 Å². The van der Waals surface area contributed by atoms with Gasteiger partial charge in [0.05, 0.1) is 6.61 Å². The van der Waals surface area contributed by atoms with Crippen LogP contribution in [0.5, 0.6) is 0 Å². The monoisotopic (exact) mass is 328 g/mol. The first kappa shape index (κ1) is 16.1. The maximum absolute atomic E-state index is 12.3.